The number of benzene rings is 1. The molecule has 4 rings (SSSR count). The van der Waals surface area contributed by atoms with Crippen LogP contribution in [0.3, 0.4) is 0 Å². The van der Waals surface area contributed by atoms with E-state index >= 15 is 0 Å². The van der Waals surface area contributed by atoms with Crippen LogP contribution in [0.4, 0.5) is 10.5 Å². The first-order chi connectivity index (χ1) is 13.1. The second kappa shape index (κ2) is 6.17. The molecule has 7 nitrogen and oxygen atoms in total. The Kier molecular flexibility index (Phi) is 4.12. The number of carbonyl (C=O) groups is 3. The summed E-state index contributed by atoms with van der Waals surface area (Å²) in [7, 11) is 0. The predicted molar refractivity (Wildman–Crippen MR) is 104 cm³/mol. The minimum Gasteiger partial charge on any atom is -0.360 e. The van der Waals surface area contributed by atoms with Crippen molar-refractivity contribution < 1.29 is 19.1 Å². The molecule has 3 heterocycles. The first-order valence-electron chi connectivity index (χ1n) is 9.49. The van der Waals surface area contributed by atoms with E-state index in [1.807, 2.05) is 52.0 Å². The molecule has 3 aliphatic rings. The maximum atomic E-state index is 13.2. The van der Waals surface area contributed by atoms with Gasteiger partial charge in [-0.15, -0.1) is 0 Å². The zero-order valence-electron chi connectivity index (χ0n) is 16.5. The van der Waals surface area contributed by atoms with Crippen LogP contribution < -0.4 is 15.5 Å². The smallest absolute Gasteiger partial charge is 0.315 e. The van der Waals surface area contributed by atoms with E-state index in [4.69, 9.17) is 4.74 Å². The van der Waals surface area contributed by atoms with Crippen LogP contribution in [0.5, 0.6) is 0 Å². The third-order valence-corrected chi connectivity index (χ3v) is 5.46. The van der Waals surface area contributed by atoms with Crippen LogP contribution in [0.25, 0.3) is 0 Å². The summed E-state index contributed by atoms with van der Waals surface area (Å²) >= 11 is 0. The number of urea groups is 1. The summed E-state index contributed by atoms with van der Waals surface area (Å²) in [6.45, 7) is 7.74. The highest BCUT2D eigenvalue weighted by Gasteiger charge is 2.67. The van der Waals surface area contributed by atoms with Crippen molar-refractivity contribution in [2.45, 2.75) is 44.9 Å². The number of ether oxygens (including phenoxy) is 1. The van der Waals surface area contributed by atoms with Gasteiger partial charge in [-0.3, -0.25) is 9.59 Å². The van der Waals surface area contributed by atoms with Crippen molar-refractivity contribution in [2.75, 3.05) is 11.4 Å². The Morgan fingerprint density at radius 2 is 1.86 bits per heavy atom. The fourth-order valence-electron chi connectivity index (χ4n) is 4.26. The molecule has 2 fully saturated rings. The van der Waals surface area contributed by atoms with Gasteiger partial charge in [0.05, 0.1) is 30.2 Å². The molecular weight excluding hydrogens is 358 g/mol. The van der Waals surface area contributed by atoms with Crippen LogP contribution in [-0.2, 0) is 14.3 Å². The molecule has 0 aliphatic carbocycles. The van der Waals surface area contributed by atoms with E-state index in [0.29, 0.717) is 5.69 Å². The summed E-state index contributed by atoms with van der Waals surface area (Å²) in [5, 5.41) is 5.63. The fourth-order valence-corrected chi connectivity index (χ4v) is 4.26. The molecule has 0 spiro atoms. The van der Waals surface area contributed by atoms with Gasteiger partial charge in [0.2, 0.25) is 11.8 Å². The van der Waals surface area contributed by atoms with Crippen LogP contribution in [-0.4, -0.2) is 41.6 Å². The average Bonchev–Trinajstić information content (AvgIpc) is 3.24. The topological polar surface area (TPSA) is 87.7 Å². The summed E-state index contributed by atoms with van der Waals surface area (Å²) in [4.78, 5) is 39.7. The van der Waals surface area contributed by atoms with E-state index in [2.05, 4.69) is 10.6 Å². The predicted octanol–water partition coefficient (Wildman–Crippen LogP) is 1.91. The molecule has 148 valence electrons. The number of carbonyl (C=O) groups excluding carboxylic acids is 3. The Balaban J connectivity index is 1.56. The summed E-state index contributed by atoms with van der Waals surface area (Å²) in [6, 6.07) is 6.98. The Morgan fingerprint density at radius 1 is 1.18 bits per heavy atom. The highest BCUT2D eigenvalue weighted by molar-refractivity contribution is 6.23. The normalized spacial score (nSPS) is 30.7. The Morgan fingerprint density at radius 3 is 2.50 bits per heavy atom. The molecule has 0 saturated carbocycles. The van der Waals surface area contributed by atoms with Gasteiger partial charge in [-0.05, 0) is 39.8 Å². The standard InChI is InChI=1S/C21H25N3O4/c1-12-5-7-13(8-6-12)24-17(25)15-14-9-10-21(28-14,16(15)18(24)26)11-22-19(27)23-20(2,3)4/h5-10,14-16H,11H2,1-4H3,(H2,22,23,27)/t14-,15-,16-,21+/m0/s1. The zero-order valence-corrected chi connectivity index (χ0v) is 16.5. The van der Waals surface area contributed by atoms with Crippen LogP contribution >= 0.6 is 0 Å². The van der Waals surface area contributed by atoms with Gasteiger partial charge in [-0.2, -0.15) is 0 Å². The van der Waals surface area contributed by atoms with Crippen molar-refractivity contribution in [3.8, 4) is 0 Å². The second-order valence-electron chi connectivity index (χ2n) is 8.81. The number of amides is 4. The van der Waals surface area contributed by atoms with E-state index in [9.17, 15) is 14.4 Å². The van der Waals surface area contributed by atoms with Crippen molar-refractivity contribution in [3.05, 3.63) is 42.0 Å². The zero-order chi connectivity index (χ0) is 20.3. The van der Waals surface area contributed by atoms with Crippen LogP contribution in [0.1, 0.15) is 26.3 Å². The summed E-state index contributed by atoms with van der Waals surface area (Å²) in [6.07, 6.45) is 3.21. The number of nitrogens with zero attached hydrogens (tertiary/aromatic N) is 1. The first kappa shape index (κ1) is 18.7. The molecule has 2 bridgehead atoms. The molecule has 2 N–H and O–H groups in total. The highest BCUT2D eigenvalue weighted by atomic mass is 16.5. The third-order valence-electron chi connectivity index (χ3n) is 5.46. The van der Waals surface area contributed by atoms with Crippen LogP contribution in [0, 0.1) is 18.8 Å². The second-order valence-corrected chi connectivity index (χ2v) is 8.81. The molecule has 0 aromatic heterocycles. The Bertz CT molecular complexity index is 871. The minimum absolute atomic E-state index is 0.129. The van der Waals surface area contributed by atoms with Gasteiger partial charge in [0.25, 0.3) is 0 Å². The quantitative estimate of drug-likeness (QED) is 0.617. The Hall–Kier alpha value is -2.67. The third kappa shape index (κ3) is 2.90. The number of hydrogen-bond donors (Lipinski definition) is 2. The van der Waals surface area contributed by atoms with E-state index < -0.39 is 23.5 Å². The van der Waals surface area contributed by atoms with Gasteiger partial charge in [0.1, 0.15) is 5.60 Å². The molecule has 0 unspecified atom stereocenters. The number of hydrogen-bond acceptors (Lipinski definition) is 4. The maximum absolute atomic E-state index is 13.2. The van der Waals surface area contributed by atoms with Crippen LogP contribution in [0.2, 0.25) is 0 Å². The lowest BCUT2D eigenvalue weighted by atomic mass is 9.77. The largest absolute Gasteiger partial charge is 0.360 e. The van der Waals surface area contributed by atoms with E-state index in [1.165, 1.54) is 4.90 Å². The van der Waals surface area contributed by atoms with E-state index in [0.717, 1.165) is 5.56 Å². The van der Waals surface area contributed by atoms with Gasteiger partial charge >= 0.3 is 6.03 Å². The van der Waals surface area contributed by atoms with Gasteiger partial charge in [-0.1, -0.05) is 29.8 Å². The molecule has 4 amide bonds. The summed E-state index contributed by atoms with van der Waals surface area (Å²) in [5.74, 6) is -1.70. The van der Waals surface area contributed by atoms with Crippen molar-refractivity contribution in [1.29, 1.82) is 0 Å². The highest BCUT2D eigenvalue weighted by Crippen LogP contribution is 2.52. The number of anilines is 1. The van der Waals surface area contributed by atoms with Crippen molar-refractivity contribution in [2.24, 2.45) is 11.8 Å². The minimum atomic E-state index is -0.989. The average molecular weight is 383 g/mol. The SMILES string of the molecule is Cc1ccc(N2C(=O)[C@H]3[C@@H]4C=C[C@](CNC(=O)NC(C)(C)C)(O4)[C@@H]3C2=O)cc1. The lowest BCUT2D eigenvalue weighted by Crippen LogP contribution is -2.53. The number of rotatable bonds is 3. The number of imide groups is 1. The molecular formula is C21H25N3O4. The molecule has 4 atom stereocenters. The fraction of sp³-hybridized carbons (Fsp3) is 0.476. The van der Waals surface area contributed by atoms with Crippen molar-refractivity contribution in [1.82, 2.24) is 10.6 Å². The summed E-state index contributed by atoms with van der Waals surface area (Å²) < 4.78 is 6.03. The number of nitrogens with one attached hydrogen (secondary N) is 2. The van der Waals surface area contributed by atoms with Crippen molar-refractivity contribution in [3.63, 3.8) is 0 Å². The monoisotopic (exact) mass is 383 g/mol. The van der Waals surface area contributed by atoms with Gasteiger partial charge in [0.15, 0.2) is 0 Å². The van der Waals surface area contributed by atoms with Gasteiger partial charge in [-0.25, -0.2) is 9.69 Å². The van der Waals surface area contributed by atoms with Crippen molar-refractivity contribution >= 4 is 23.5 Å². The molecule has 1 aromatic carbocycles. The Labute approximate surface area is 164 Å². The van der Waals surface area contributed by atoms with Crippen LogP contribution in [0.15, 0.2) is 36.4 Å². The summed E-state index contributed by atoms with van der Waals surface area (Å²) in [5.41, 5.74) is 0.258. The molecule has 0 radical (unpaired) electrons. The molecule has 1 aromatic rings. The number of aryl methyl sites for hydroxylation is 1. The van der Waals surface area contributed by atoms with E-state index in [1.54, 1.807) is 12.1 Å². The lowest BCUT2D eigenvalue weighted by Gasteiger charge is -2.30. The first-order valence-corrected chi connectivity index (χ1v) is 9.49. The molecule has 3 aliphatic heterocycles. The molecule has 7 heteroatoms. The molecule has 2 saturated heterocycles. The number of fused-ring (bicyclic) bond motifs is 5. The van der Waals surface area contributed by atoms with E-state index in [-0.39, 0.29) is 29.9 Å². The lowest BCUT2D eigenvalue weighted by molar-refractivity contribution is -0.126. The maximum Gasteiger partial charge on any atom is 0.315 e. The van der Waals surface area contributed by atoms with Gasteiger partial charge < -0.3 is 15.4 Å². The molecule has 28 heavy (non-hydrogen) atoms. The van der Waals surface area contributed by atoms with Gasteiger partial charge in [0, 0.05) is 5.54 Å².